The van der Waals surface area contributed by atoms with E-state index in [0.29, 0.717) is 23.1 Å². The SMILES string of the molecule is COc1ccc(C)cc1N1C[C@@H](C(=O)Nc2nc3ccccc3s2)CC1=O. The standard InChI is InChI=1S/C20H19N3O3S/c1-12-7-8-16(26-2)15(9-12)23-11-13(10-18(23)24)19(25)22-20-21-14-5-3-4-6-17(14)27-20/h3-9,13H,10-11H2,1-2H3,(H,21,22,25)/t13-/m0/s1. The van der Waals surface area contributed by atoms with Crippen molar-refractivity contribution in [2.45, 2.75) is 13.3 Å². The van der Waals surface area contributed by atoms with Crippen molar-refractivity contribution in [2.24, 2.45) is 5.92 Å². The van der Waals surface area contributed by atoms with Gasteiger partial charge in [-0.15, -0.1) is 0 Å². The summed E-state index contributed by atoms with van der Waals surface area (Å²) in [4.78, 5) is 31.3. The number of carbonyl (C=O) groups excluding carboxylic acids is 2. The smallest absolute Gasteiger partial charge is 0.231 e. The largest absolute Gasteiger partial charge is 0.495 e. The summed E-state index contributed by atoms with van der Waals surface area (Å²) in [5.41, 5.74) is 2.59. The number of benzene rings is 2. The number of fused-ring (bicyclic) bond motifs is 1. The number of nitrogens with one attached hydrogen (secondary N) is 1. The Morgan fingerprint density at radius 3 is 2.89 bits per heavy atom. The predicted octanol–water partition coefficient (Wildman–Crippen LogP) is 3.60. The average Bonchev–Trinajstić information content (AvgIpc) is 3.24. The molecule has 0 radical (unpaired) electrons. The van der Waals surface area contributed by atoms with E-state index in [0.717, 1.165) is 15.8 Å². The van der Waals surface area contributed by atoms with Crippen molar-refractivity contribution in [3.8, 4) is 5.75 Å². The van der Waals surface area contributed by atoms with Crippen LogP contribution in [-0.4, -0.2) is 30.5 Å². The summed E-state index contributed by atoms with van der Waals surface area (Å²) in [5, 5.41) is 3.42. The number of methoxy groups -OCH3 is 1. The number of para-hydroxylation sites is 1. The summed E-state index contributed by atoms with van der Waals surface area (Å²) in [6.45, 7) is 2.29. The van der Waals surface area contributed by atoms with Gasteiger partial charge in [-0.25, -0.2) is 4.98 Å². The Morgan fingerprint density at radius 2 is 2.11 bits per heavy atom. The molecule has 138 valence electrons. The Bertz CT molecular complexity index is 997. The van der Waals surface area contributed by atoms with Gasteiger partial charge in [-0.1, -0.05) is 29.5 Å². The van der Waals surface area contributed by atoms with E-state index in [1.54, 1.807) is 12.0 Å². The van der Waals surface area contributed by atoms with E-state index in [1.807, 2.05) is 49.4 Å². The molecule has 2 aromatic carbocycles. The molecule has 4 rings (SSSR count). The number of ether oxygens (including phenoxy) is 1. The van der Waals surface area contributed by atoms with Gasteiger partial charge in [0.05, 0.1) is 28.9 Å². The highest BCUT2D eigenvalue weighted by Gasteiger charge is 2.36. The lowest BCUT2D eigenvalue weighted by atomic mass is 10.1. The molecular formula is C20H19N3O3S. The van der Waals surface area contributed by atoms with Crippen LogP contribution in [0.3, 0.4) is 0 Å². The van der Waals surface area contributed by atoms with Crippen molar-refractivity contribution >= 4 is 44.2 Å². The van der Waals surface area contributed by atoms with Gasteiger partial charge in [0, 0.05) is 13.0 Å². The first kappa shape index (κ1) is 17.5. The fourth-order valence-corrected chi connectivity index (χ4v) is 4.13. The van der Waals surface area contributed by atoms with Gasteiger partial charge in [0.15, 0.2) is 5.13 Å². The summed E-state index contributed by atoms with van der Waals surface area (Å²) >= 11 is 1.43. The summed E-state index contributed by atoms with van der Waals surface area (Å²) in [6.07, 6.45) is 0.174. The van der Waals surface area contributed by atoms with Crippen molar-refractivity contribution in [1.82, 2.24) is 4.98 Å². The molecule has 6 nitrogen and oxygen atoms in total. The van der Waals surface area contributed by atoms with E-state index in [9.17, 15) is 9.59 Å². The first-order valence-corrected chi connectivity index (χ1v) is 9.48. The lowest BCUT2D eigenvalue weighted by Gasteiger charge is -2.20. The monoisotopic (exact) mass is 381 g/mol. The third-order valence-corrected chi connectivity index (χ3v) is 5.60. The highest BCUT2D eigenvalue weighted by Crippen LogP contribution is 2.34. The van der Waals surface area contributed by atoms with E-state index in [-0.39, 0.29) is 18.2 Å². The van der Waals surface area contributed by atoms with Crippen molar-refractivity contribution < 1.29 is 14.3 Å². The van der Waals surface area contributed by atoms with E-state index in [2.05, 4.69) is 10.3 Å². The maximum Gasteiger partial charge on any atom is 0.231 e. The lowest BCUT2D eigenvalue weighted by Crippen LogP contribution is -2.28. The number of nitrogens with zero attached hydrogens (tertiary/aromatic N) is 2. The molecule has 0 spiro atoms. The molecule has 7 heteroatoms. The molecule has 1 aliphatic rings. The molecule has 3 aromatic rings. The van der Waals surface area contributed by atoms with Crippen LogP contribution in [0.25, 0.3) is 10.2 Å². The van der Waals surface area contributed by atoms with Crippen LogP contribution >= 0.6 is 11.3 Å². The Labute approximate surface area is 160 Å². The second-order valence-corrected chi connectivity index (χ2v) is 7.59. The second-order valence-electron chi connectivity index (χ2n) is 6.56. The number of aromatic nitrogens is 1. The number of hydrogen-bond donors (Lipinski definition) is 1. The van der Waals surface area contributed by atoms with Crippen LogP contribution in [0, 0.1) is 12.8 Å². The third kappa shape index (κ3) is 3.38. The average molecular weight is 381 g/mol. The van der Waals surface area contributed by atoms with Gasteiger partial charge in [-0.2, -0.15) is 0 Å². The maximum atomic E-state index is 12.7. The highest BCUT2D eigenvalue weighted by atomic mass is 32.1. The highest BCUT2D eigenvalue weighted by molar-refractivity contribution is 7.22. The van der Waals surface area contributed by atoms with E-state index in [4.69, 9.17) is 4.74 Å². The number of carbonyl (C=O) groups is 2. The van der Waals surface area contributed by atoms with Gasteiger partial charge < -0.3 is 15.0 Å². The molecule has 1 atom stereocenters. The first-order valence-electron chi connectivity index (χ1n) is 8.66. The molecule has 1 aromatic heterocycles. The van der Waals surface area contributed by atoms with Crippen molar-refractivity contribution in [3.05, 3.63) is 48.0 Å². The molecule has 0 bridgehead atoms. The number of aryl methyl sites for hydroxylation is 1. The molecule has 0 unspecified atom stereocenters. The number of hydrogen-bond acceptors (Lipinski definition) is 5. The molecule has 1 aliphatic heterocycles. The van der Waals surface area contributed by atoms with E-state index in [1.165, 1.54) is 11.3 Å². The predicted molar refractivity (Wildman–Crippen MR) is 106 cm³/mol. The lowest BCUT2D eigenvalue weighted by molar-refractivity contribution is -0.122. The summed E-state index contributed by atoms with van der Waals surface area (Å²) < 4.78 is 6.40. The van der Waals surface area contributed by atoms with Crippen LogP contribution in [0.4, 0.5) is 10.8 Å². The van der Waals surface area contributed by atoms with Crippen LogP contribution in [0.5, 0.6) is 5.75 Å². The number of anilines is 2. The maximum absolute atomic E-state index is 12.7. The van der Waals surface area contributed by atoms with Gasteiger partial charge in [0.1, 0.15) is 5.75 Å². The second kappa shape index (κ2) is 7.00. The van der Waals surface area contributed by atoms with Crippen molar-refractivity contribution in [1.29, 1.82) is 0 Å². The van der Waals surface area contributed by atoms with Crippen LogP contribution in [-0.2, 0) is 9.59 Å². The fourth-order valence-electron chi connectivity index (χ4n) is 3.26. The van der Waals surface area contributed by atoms with Gasteiger partial charge in [0.2, 0.25) is 11.8 Å². The van der Waals surface area contributed by atoms with Crippen LogP contribution in [0.1, 0.15) is 12.0 Å². The van der Waals surface area contributed by atoms with E-state index < -0.39 is 5.92 Å². The topological polar surface area (TPSA) is 71.5 Å². The quantitative estimate of drug-likeness (QED) is 0.749. The minimum Gasteiger partial charge on any atom is -0.495 e. The Morgan fingerprint density at radius 1 is 1.30 bits per heavy atom. The number of amides is 2. The van der Waals surface area contributed by atoms with Gasteiger partial charge >= 0.3 is 0 Å². The van der Waals surface area contributed by atoms with Crippen molar-refractivity contribution in [2.75, 3.05) is 23.9 Å². The Balaban J connectivity index is 1.51. The molecule has 1 saturated heterocycles. The Hall–Kier alpha value is -2.93. The van der Waals surface area contributed by atoms with E-state index >= 15 is 0 Å². The minimum atomic E-state index is -0.422. The van der Waals surface area contributed by atoms with Crippen LogP contribution < -0.4 is 15.0 Å². The normalized spacial score (nSPS) is 16.7. The summed E-state index contributed by atoms with van der Waals surface area (Å²) in [5.74, 6) is -0.0595. The molecular weight excluding hydrogens is 362 g/mol. The van der Waals surface area contributed by atoms with Crippen LogP contribution in [0.2, 0.25) is 0 Å². The first-order chi connectivity index (χ1) is 13.0. The Kier molecular flexibility index (Phi) is 4.53. The van der Waals surface area contributed by atoms with Gasteiger partial charge in [0.25, 0.3) is 0 Å². The van der Waals surface area contributed by atoms with Crippen LogP contribution in [0.15, 0.2) is 42.5 Å². The molecule has 0 aliphatic carbocycles. The third-order valence-electron chi connectivity index (χ3n) is 4.64. The van der Waals surface area contributed by atoms with Gasteiger partial charge in [-0.05, 0) is 36.8 Å². The zero-order valence-corrected chi connectivity index (χ0v) is 15.9. The molecule has 1 N–H and O–H groups in total. The molecule has 0 saturated carbocycles. The zero-order chi connectivity index (χ0) is 19.0. The van der Waals surface area contributed by atoms with Crippen molar-refractivity contribution in [3.63, 3.8) is 0 Å². The fraction of sp³-hybridized carbons (Fsp3) is 0.250. The molecule has 2 amide bonds. The summed E-state index contributed by atoms with van der Waals surface area (Å²) in [6, 6.07) is 13.4. The molecule has 2 heterocycles. The minimum absolute atomic E-state index is 0.0802. The van der Waals surface area contributed by atoms with Gasteiger partial charge in [-0.3, -0.25) is 9.59 Å². The zero-order valence-electron chi connectivity index (χ0n) is 15.1. The number of thiazole rings is 1. The molecule has 1 fully saturated rings. The molecule has 27 heavy (non-hydrogen) atoms. The number of rotatable bonds is 4. The summed E-state index contributed by atoms with van der Waals surface area (Å²) in [7, 11) is 1.58.